The van der Waals surface area contributed by atoms with Gasteiger partial charge < -0.3 is 14.7 Å². The highest BCUT2D eigenvalue weighted by atomic mass is 16.4. The van der Waals surface area contributed by atoms with E-state index in [1.54, 1.807) is 12.3 Å². The molecule has 110 valence electrons. The van der Waals surface area contributed by atoms with Crippen LogP contribution in [0.4, 0.5) is 0 Å². The van der Waals surface area contributed by atoms with Crippen molar-refractivity contribution in [1.82, 2.24) is 14.5 Å². The second-order valence-electron chi connectivity index (χ2n) is 5.56. The Morgan fingerprint density at radius 2 is 2.29 bits per heavy atom. The highest BCUT2D eigenvalue weighted by Gasteiger charge is 2.29. The monoisotopic (exact) mass is 287 g/mol. The van der Waals surface area contributed by atoms with Crippen LogP contribution in [0.5, 0.6) is 0 Å². The third kappa shape index (κ3) is 2.26. The lowest BCUT2D eigenvalue weighted by atomic mass is 9.90. The van der Waals surface area contributed by atoms with Crippen molar-refractivity contribution in [2.75, 3.05) is 0 Å². The highest BCUT2D eigenvalue weighted by Crippen LogP contribution is 2.28. The van der Waals surface area contributed by atoms with Crippen molar-refractivity contribution in [2.45, 2.75) is 26.2 Å². The van der Waals surface area contributed by atoms with Crippen LogP contribution in [0, 0.1) is 12.8 Å². The van der Waals surface area contributed by atoms with Crippen molar-refractivity contribution < 1.29 is 9.90 Å². The summed E-state index contributed by atoms with van der Waals surface area (Å²) in [7, 11) is 1.88. The van der Waals surface area contributed by atoms with E-state index in [0.717, 1.165) is 17.1 Å². The summed E-state index contributed by atoms with van der Waals surface area (Å²) < 4.78 is 1.91. The number of nitrogens with zero attached hydrogens (tertiary/aromatic N) is 2. The molecule has 3 rings (SSSR count). The molecule has 0 bridgehead atoms. The van der Waals surface area contributed by atoms with Crippen molar-refractivity contribution in [1.29, 1.82) is 0 Å². The summed E-state index contributed by atoms with van der Waals surface area (Å²) in [5, 5.41) is 9.14. The average Bonchev–Trinajstić information content (AvgIpc) is 2.75. The fraction of sp³-hybridized carbons (Fsp3) is 0.400. The van der Waals surface area contributed by atoms with Crippen LogP contribution in [0.3, 0.4) is 0 Å². The van der Waals surface area contributed by atoms with Crippen molar-refractivity contribution in [3.63, 3.8) is 0 Å². The first kappa shape index (κ1) is 13.6. The zero-order chi connectivity index (χ0) is 15.1. The number of imidazole rings is 1. The number of carboxylic acids is 1. The predicted octanol–water partition coefficient (Wildman–Crippen LogP) is 1.27. The van der Waals surface area contributed by atoms with Crippen LogP contribution in [-0.2, 0) is 24.7 Å². The molecule has 0 aromatic carbocycles. The second kappa shape index (κ2) is 4.87. The number of hydrogen-bond acceptors (Lipinski definition) is 3. The molecule has 0 saturated heterocycles. The van der Waals surface area contributed by atoms with Gasteiger partial charge in [-0.15, -0.1) is 0 Å². The van der Waals surface area contributed by atoms with Gasteiger partial charge in [0.2, 0.25) is 0 Å². The quantitative estimate of drug-likeness (QED) is 0.870. The molecule has 0 spiro atoms. The molecule has 1 unspecified atom stereocenters. The van der Waals surface area contributed by atoms with Crippen molar-refractivity contribution in [3.8, 4) is 11.4 Å². The zero-order valence-corrected chi connectivity index (χ0v) is 12.0. The number of H-pyrrole nitrogens is 1. The van der Waals surface area contributed by atoms with E-state index in [0.29, 0.717) is 30.7 Å². The number of aromatic amines is 1. The first-order valence-electron chi connectivity index (χ1n) is 6.94. The number of fused-ring (bicyclic) bond motifs is 1. The molecular formula is C15H17N3O3. The van der Waals surface area contributed by atoms with Crippen LogP contribution in [0.25, 0.3) is 11.4 Å². The molecule has 1 aliphatic carbocycles. The number of nitrogens with one attached hydrogen (secondary N) is 1. The summed E-state index contributed by atoms with van der Waals surface area (Å²) in [6.07, 6.45) is 3.40. The lowest BCUT2D eigenvalue weighted by molar-refractivity contribution is -0.142. The van der Waals surface area contributed by atoms with Crippen molar-refractivity contribution >= 4 is 5.97 Å². The normalized spacial score (nSPS) is 17.5. The van der Waals surface area contributed by atoms with E-state index < -0.39 is 5.97 Å². The van der Waals surface area contributed by atoms with Gasteiger partial charge in [-0.25, -0.2) is 4.98 Å². The van der Waals surface area contributed by atoms with Crippen LogP contribution in [0.2, 0.25) is 0 Å². The topological polar surface area (TPSA) is 88.0 Å². The maximum Gasteiger partial charge on any atom is 0.306 e. The molecule has 2 aromatic rings. The van der Waals surface area contributed by atoms with Crippen LogP contribution < -0.4 is 5.43 Å². The van der Waals surface area contributed by atoms with Crippen molar-refractivity contribution in [2.24, 2.45) is 13.0 Å². The Hall–Kier alpha value is -2.37. The van der Waals surface area contributed by atoms with Gasteiger partial charge in [0.05, 0.1) is 17.2 Å². The van der Waals surface area contributed by atoms with Crippen molar-refractivity contribution in [3.05, 3.63) is 39.6 Å². The van der Waals surface area contributed by atoms with Gasteiger partial charge in [-0.3, -0.25) is 9.59 Å². The molecule has 1 atom stereocenters. The lowest BCUT2D eigenvalue weighted by Gasteiger charge is -2.18. The fourth-order valence-electron chi connectivity index (χ4n) is 2.91. The average molecular weight is 287 g/mol. The number of aryl methyl sites for hydroxylation is 1. The first-order chi connectivity index (χ1) is 9.97. The predicted molar refractivity (Wildman–Crippen MR) is 77.2 cm³/mol. The van der Waals surface area contributed by atoms with Crippen LogP contribution >= 0.6 is 0 Å². The summed E-state index contributed by atoms with van der Waals surface area (Å²) >= 11 is 0. The van der Waals surface area contributed by atoms with E-state index >= 15 is 0 Å². The Kier molecular flexibility index (Phi) is 3.16. The number of hydrogen-bond donors (Lipinski definition) is 2. The van der Waals surface area contributed by atoms with Crippen LogP contribution in [0.1, 0.15) is 23.5 Å². The molecule has 2 aromatic heterocycles. The van der Waals surface area contributed by atoms with Gasteiger partial charge in [0.25, 0.3) is 0 Å². The minimum atomic E-state index is -0.777. The van der Waals surface area contributed by atoms with Gasteiger partial charge in [-0.1, -0.05) is 0 Å². The molecule has 1 aliphatic rings. The molecule has 6 nitrogen and oxygen atoms in total. The van der Waals surface area contributed by atoms with Gasteiger partial charge in [-0.05, 0) is 19.8 Å². The summed E-state index contributed by atoms with van der Waals surface area (Å²) in [5.41, 5.74) is 3.07. The van der Waals surface area contributed by atoms with Gasteiger partial charge in [0, 0.05) is 37.1 Å². The SMILES string of the molecule is Cc1cc(=O)c(-c2nc3c(n2C)CCC(C(=O)O)C3)c[nH]1. The Balaban J connectivity index is 2.07. The largest absolute Gasteiger partial charge is 0.481 e. The number of rotatable bonds is 2. The minimum absolute atomic E-state index is 0.0773. The maximum absolute atomic E-state index is 12.1. The lowest BCUT2D eigenvalue weighted by Crippen LogP contribution is -2.22. The first-order valence-corrected chi connectivity index (χ1v) is 6.94. The molecule has 6 heteroatoms. The molecule has 0 saturated carbocycles. The summed E-state index contributed by atoms with van der Waals surface area (Å²) in [6.45, 7) is 1.83. The fourth-order valence-corrected chi connectivity index (χ4v) is 2.91. The van der Waals surface area contributed by atoms with Gasteiger partial charge in [0.15, 0.2) is 5.43 Å². The Morgan fingerprint density at radius 1 is 1.52 bits per heavy atom. The van der Waals surface area contributed by atoms with E-state index in [4.69, 9.17) is 5.11 Å². The Bertz CT molecular complexity index is 773. The molecule has 21 heavy (non-hydrogen) atoms. The van der Waals surface area contributed by atoms with Gasteiger partial charge >= 0.3 is 5.97 Å². The standard InChI is InChI=1S/C15H17N3O3/c1-8-5-13(19)10(7-16-8)14-17-11-6-9(15(20)21)3-4-12(11)18(14)2/h5,7,9H,3-4,6H2,1-2H3,(H,16,19)(H,20,21). The number of carboxylic acid groups (broad SMARTS) is 1. The molecule has 2 N–H and O–H groups in total. The number of aromatic nitrogens is 3. The van der Waals surface area contributed by atoms with Gasteiger partial charge in [0.1, 0.15) is 5.82 Å². The smallest absolute Gasteiger partial charge is 0.306 e. The molecule has 0 aliphatic heterocycles. The minimum Gasteiger partial charge on any atom is -0.481 e. The highest BCUT2D eigenvalue weighted by molar-refractivity contribution is 5.71. The van der Waals surface area contributed by atoms with E-state index in [-0.39, 0.29) is 11.3 Å². The maximum atomic E-state index is 12.1. The molecule has 2 heterocycles. The van der Waals surface area contributed by atoms with Crippen LogP contribution in [0.15, 0.2) is 17.1 Å². The van der Waals surface area contributed by atoms with Gasteiger partial charge in [-0.2, -0.15) is 0 Å². The Morgan fingerprint density at radius 3 is 2.95 bits per heavy atom. The Labute approximate surface area is 121 Å². The molecule has 0 fully saturated rings. The van der Waals surface area contributed by atoms with E-state index in [9.17, 15) is 9.59 Å². The van der Waals surface area contributed by atoms with E-state index in [1.807, 2.05) is 18.5 Å². The van der Waals surface area contributed by atoms with E-state index in [1.165, 1.54) is 0 Å². The number of pyridine rings is 1. The second-order valence-corrected chi connectivity index (χ2v) is 5.56. The third-order valence-corrected chi connectivity index (χ3v) is 4.11. The summed E-state index contributed by atoms with van der Waals surface area (Å²) in [4.78, 5) is 30.8. The summed E-state index contributed by atoms with van der Waals surface area (Å²) in [6, 6.07) is 1.54. The van der Waals surface area contributed by atoms with Crippen LogP contribution in [-0.4, -0.2) is 25.6 Å². The number of carbonyl (C=O) groups is 1. The molecule has 0 radical (unpaired) electrons. The van der Waals surface area contributed by atoms with E-state index in [2.05, 4.69) is 9.97 Å². The molecule has 0 amide bonds. The summed E-state index contributed by atoms with van der Waals surface area (Å²) in [5.74, 6) is -0.551. The zero-order valence-electron chi connectivity index (χ0n) is 12.0. The number of aliphatic carboxylic acids is 1. The molecular weight excluding hydrogens is 270 g/mol. The third-order valence-electron chi connectivity index (χ3n) is 4.11.